The first kappa shape index (κ1) is 12.5. The minimum Gasteiger partial charge on any atom is -0.312 e. The van der Waals surface area contributed by atoms with E-state index >= 15 is 0 Å². The zero-order valence-corrected chi connectivity index (χ0v) is 9.54. The monoisotopic (exact) mass is 231 g/mol. The maximum absolute atomic E-state index is 13.1. The van der Waals surface area contributed by atoms with E-state index in [4.69, 9.17) is 0 Å². The second-order valence-corrected chi connectivity index (χ2v) is 4.50. The maximum Gasteiger partial charge on any atom is 0.130 e. The zero-order valence-electron chi connectivity index (χ0n) is 8.72. The SMILES string of the molecule is CCSCCNCc1ccc(F)cc1F. The van der Waals surface area contributed by atoms with E-state index in [1.807, 2.05) is 11.8 Å². The fraction of sp³-hybridized carbons (Fsp3) is 0.455. The van der Waals surface area contributed by atoms with Crippen LogP contribution in [0.3, 0.4) is 0 Å². The van der Waals surface area contributed by atoms with Crippen molar-refractivity contribution in [3.05, 3.63) is 35.4 Å². The van der Waals surface area contributed by atoms with Gasteiger partial charge < -0.3 is 5.32 Å². The van der Waals surface area contributed by atoms with Crippen LogP contribution in [0.25, 0.3) is 0 Å². The minimum absolute atomic E-state index is 0.455. The third-order valence-corrected chi connectivity index (χ3v) is 2.86. The molecule has 84 valence electrons. The van der Waals surface area contributed by atoms with Crippen molar-refractivity contribution in [3.63, 3.8) is 0 Å². The predicted molar refractivity (Wildman–Crippen MR) is 61.1 cm³/mol. The number of hydrogen-bond donors (Lipinski definition) is 1. The summed E-state index contributed by atoms with van der Waals surface area (Å²) < 4.78 is 25.7. The first-order valence-electron chi connectivity index (χ1n) is 4.96. The largest absolute Gasteiger partial charge is 0.312 e. The molecule has 1 aromatic carbocycles. The van der Waals surface area contributed by atoms with Crippen molar-refractivity contribution in [1.29, 1.82) is 0 Å². The summed E-state index contributed by atoms with van der Waals surface area (Å²) in [6, 6.07) is 3.67. The molecule has 0 radical (unpaired) electrons. The smallest absolute Gasteiger partial charge is 0.130 e. The van der Waals surface area contributed by atoms with E-state index in [0.717, 1.165) is 24.1 Å². The van der Waals surface area contributed by atoms with Crippen molar-refractivity contribution in [1.82, 2.24) is 5.32 Å². The van der Waals surface area contributed by atoms with Crippen molar-refractivity contribution in [2.75, 3.05) is 18.1 Å². The van der Waals surface area contributed by atoms with Crippen LogP contribution < -0.4 is 5.32 Å². The second-order valence-electron chi connectivity index (χ2n) is 3.11. The lowest BCUT2D eigenvalue weighted by Gasteiger charge is -2.05. The molecule has 0 unspecified atom stereocenters. The summed E-state index contributed by atoms with van der Waals surface area (Å²) in [6.45, 7) is 3.40. The molecule has 0 aliphatic heterocycles. The maximum atomic E-state index is 13.1. The summed E-state index contributed by atoms with van der Waals surface area (Å²) in [4.78, 5) is 0. The van der Waals surface area contributed by atoms with Gasteiger partial charge in [0.2, 0.25) is 0 Å². The van der Waals surface area contributed by atoms with Crippen LogP contribution in [0.2, 0.25) is 0 Å². The first-order chi connectivity index (χ1) is 7.24. The van der Waals surface area contributed by atoms with Gasteiger partial charge in [0.1, 0.15) is 11.6 Å². The molecule has 0 heterocycles. The number of thioether (sulfide) groups is 1. The van der Waals surface area contributed by atoms with Crippen LogP contribution in [0.4, 0.5) is 8.78 Å². The second kappa shape index (κ2) is 6.80. The topological polar surface area (TPSA) is 12.0 Å². The molecule has 1 N–H and O–H groups in total. The minimum atomic E-state index is -0.530. The Balaban J connectivity index is 2.31. The highest BCUT2D eigenvalue weighted by Gasteiger charge is 2.02. The molecule has 0 spiro atoms. The summed E-state index contributed by atoms with van der Waals surface area (Å²) in [7, 11) is 0. The van der Waals surface area contributed by atoms with Gasteiger partial charge in [0.05, 0.1) is 0 Å². The van der Waals surface area contributed by atoms with E-state index < -0.39 is 11.6 Å². The Hall–Kier alpha value is -0.610. The van der Waals surface area contributed by atoms with Crippen LogP contribution in [-0.4, -0.2) is 18.1 Å². The molecular weight excluding hydrogens is 216 g/mol. The molecule has 0 fully saturated rings. The molecule has 0 aliphatic carbocycles. The van der Waals surface area contributed by atoms with Gasteiger partial charge in [-0.05, 0) is 11.8 Å². The molecule has 1 nitrogen and oxygen atoms in total. The molecule has 0 aromatic heterocycles. The van der Waals surface area contributed by atoms with E-state index in [9.17, 15) is 8.78 Å². The van der Waals surface area contributed by atoms with Gasteiger partial charge in [0, 0.05) is 30.5 Å². The number of rotatable bonds is 6. The molecule has 1 rings (SSSR count). The number of nitrogens with one attached hydrogen (secondary N) is 1. The van der Waals surface area contributed by atoms with Crippen molar-refractivity contribution < 1.29 is 8.78 Å². The number of hydrogen-bond acceptors (Lipinski definition) is 2. The molecule has 0 saturated carbocycles. The van der Waals surface area contributed by atoms with Gasteiger partial charge >= 0.3 is 0 Å². The Kier molecular flexibility index (Phi) is 5.65. The van der Waals surface area contributed by atoms with Gasteiger partial charge in [0.15, 0.2) is 0 Å². The highest BCUT2D eigenvalue weighted by Crippen LogP contribution is 2.08. The lowest BCUT2D eigenvalue weighted by molar-refractivity contribution is 0.563. The van der Waals surface area contributed by atoms with E-state index in [-0.39, 0.29) is 0 Å². The van der Waals surface area contributed by atoms with Crippen LogP contribution in [0.1, 0.15) is 12.5 Å². The van der Waals surface area contributed by atoms with Gasteiger partial charge in [-0.3, -0.25) is 0 Å². The Bertz CT molecular complexity index is 305. The van der Waals surface area contributed by atoms with Crippen LogP contribution in [0, 0.1) is 11.6 Å². The molecule has 0 atom stereocenters. The van der Waals surface area contributed by atoms with E-state index in [1.165, 1.54) is 12.1 Å². The van der Waals surface area contributed by atoms with Gasteiger partial charge in [0.25, 0.3) is 0 Å². The van der Waals surface area contributed by atoms with Crippen molar-refractivity contribution in [2.45, 2.75) is 13.5 Å². The molecule has 15 heavy (non-hydrogen) atoms. The fourth-order valence-electron chi connectivity index (χ4n) is 1.18. The van der Waals surface area contributed by atoms with Gasteiger partial charge in [-0.2, -0.15) is 11.8 Å². The lowest BCUT2D eigenvalue weighted by Crippen LogP contribution is -2.17. The summed E-state index contributed by atoms with van der Waals surface area (Å²) in [5.41, 5.74) is 0.512. The summed E-state index contributed by atoms with van der Waals surface area (Å²) in [6.07, 6.45) is 0. The fourth-order valence-corrected chi connectivity index (χ4v) is 1.75. The molecule has 1 aromatic rings. The summed E-state index contributed by atoms with van der Waals surface area (Å²) >= 11 is 1.83. The highest BCUT2D eigenvalue weighted by molar-refractivity contribution is 7.99. The molecule has 4 heteroatoms. The molecule has 0 saturated heterocycles. The lowest BCUT2D eigenvalue weighted by atomic mass is 10.2. The number of benzene rings is 1. The molecule has 0 bridgehead atoms. The van der Waals surface area contributed by atoms with Crippen molar-refractivity contribution >= 4 is 11.8 Å². The Morgan fingerprint density at radius 2 is 2.13 bits per heavy atom. The summed E-state index contributed by atoms with van der Waals surface area (Å²) in [5, 5.41) is 3.11. The van der Waals surface area contributed by atoms with Crippen LogP contribution in [-0.2, 0) is 6.54 Å². The molecule has 0 amide bonds. The van der Waals surface area contributed by atoms with E-state index in [2.05, 4.69) is 12.2 Å². The normalized spacial score (nSPS) is 10.6. The molecular formula is C11H15F2NS. The first-order valence-corrected chi connectivity index (χ1v) is 6.12. The van der Waals surface area contributed by atoms with E-state index in [1.54, 1.807) is 0 Å². The highest BCUT2D eigenvalue weighted by atomic mass is 32.2. The Labute approximate surface area is 93.3 Å². The van der Waals surface area contributed by atoms with Crippen molar-refractivity contribution in [2.24, 2.45) is 0 Å². The quantitative estimate of drug-likeness (QED) is 0.756. The summed E-state index contributed by atoms with van der Waals surface area (Å²) in [5.74, 6) is 1.09. The Morgan fingerprint density at radius 1 is 1.33 bits per heavy atom. The van der Waals surface area contributed by atoms with Crippen LogP contribution in [0.15, 0.2) is 18.2 Å². The molecule has 0 aliphatic rings. The van der Waals surface area contributed by atoms with Crippen LogP contribution in [0.5, 0.6) is 0 Å². The average Bonchev–Trinajstić information content (AvgIpc) is 2.20. The van der Waals surface area contributed by atoms with Gasteiger partial charge in [-0.15, -0.1) is 0 Å². The zero-order chi connectivity index (χ0) is 11.1. The third kappa shape index (κ3) is 4.62. The van der Waals surface area contributed by atoms with Crippen molar-refractivity contribution in [3.8, 4) is 0 Å². The standard InChI is InChI=1S/C11H15F2NS/c1-2-15-6-5-14-8-9-3-4-10(12)7-11(9)13/h3-4,7,14H,2,5-6,8H2,1H3. The Morgan fingerprint density at radius 3 is 2.80 bits per heavy atom. The van der Waals surface area contributed by atoms with E-state index in [0.29, 0.717) is 12.1 Å². The van der Waals surface area contributed by atoms with Crippen LogP contribution >= 0.6 is 11.8 Å². The predicted octanol–water partition coefficient (Wildman–Crippen LogP) is 2.81. The average molecular weight is 231 g/mol. The van der Waals surface area contributed by atoms with Gasteiger partial charge in [-0.25, -0.2) is 8.78 Å². The van der Waals surface area contributed by atoms with Gasteiger partial charge in [-0.1, -0.05) is 13.0 Å². The third-order valence-electron chi connectivity index (χ3n) is 1.96. The number of halogens is 2.